The van der Waals surface area contributed by atoms with Gasteiger partial charge in [-0.15, -0.1) is 0 Å². The fourth-order valence-corrected chi connectivity index (χ4v) is 1.98. The van der Waals surface area contributed by atoms with Crippen LogP contribution in [0.25, 0.3) is 0 Å². The molecule has 0 radical (unpaired) electrons. The molecule has 1 N–H and O–H groups in total. The topological polar surface area (TPSA) is 37.8 Å². The Bertz CT molecular complexity index is 459. The molecule has 2 rings (SSSR count). The van der Waals surface area contributed by atoms with E-state index in [1.54, 1.807) is 12.4 Å². The van der Waals surface area contributed by atoms with Crippen LogP contribution in [0.5, 0.6) is 0 Å². The summed E-state index contributed by atoms with van der Waals surface area (Å²) in [6.07, 6.45) is 8.36. The molecule has 0 bridgehead atoms. The lowest BCUT2D eigenvalue weighted by Crippen LogP contribution is -2.16. The molecule has 2 aromatic heterocycles. The predicted octanol–water partition coefficient (Wildman–Crippen LogP) is 2.57. The van der Waals surface area contributed by atoms with E-state index in [1.807, 2.05) is 18.5 Å². The molecular formula is C13H14BrN3. The molecule has 0 spiro atoms. The van der Waals surface area contributed by atoms with Gasteiger partial charge >= 0.3 is 0 Å². The van der Waals surface area contributed by atoms with Gasteiger partial charge in [0, 0.05) is 35.8 Å². The number of halogens is 1. The van der Waals surface area contributed by atoms with Crippen LogP contribution in [0.1, 0.15) is 11.1 Å². The highest BCUT2D eigenvalue weighted by Crippen LogP contribution is 2.09. The van der Waals surface area contributed by atoms with Crippen molar-refractivity contribution in [2.45, 2.75) is 13.0 Å². The first-order chi connectivity index (χ1) is 8.34. The second kappa shape index (κ2) is 6.47. The summed E-state index contributed by atoms with van der Waals surface area (Å²) in [4.78, 5) is 8.21. The fraction of sp³-hybridized carbons (Fsp3) is 0.231. The second-order valence-electron chi connectivity index (χ2n) is 3.80. The van der Waals surface area contributed by atoms with Gasteiger partial charge in [-0.2, -0.15) is 0 Å². The van der Waals surface area contributed by atoms with Gasteiger partial charge in [0.1, 0.15) is 0 Å². The number of rotatable bonds is 5. The molecule has 0 aromatic carbocycles. The first-order valence-corrected chi connectivity index (χ1v) is 6.33. The Morgan fingerprint density at radius 1 is 1.12 bits per heavy atom. The molecule has 3 nitrogen and oxygen atoms in total. The predicted molar refractivity (Wildman–Crippen MR) is 71.6 cm³/mol. The summed E-state index contributed by atoms with van der Waals surface area (Å²) < 4.78 is 1.02. The molecule has 2 aromatic rings. The second-order valence-corrected chi connectivity index (χ2v) is 4.72. The number of hydrogen-bond donors (Lipinski definition) is 1. The molecule has 0 fully saturated rings. The lowest BCUT2D eigenvalue weighted by Gasteiger charge is -2.04. The third kappa shape index (κ3) is 4.24. The van der Waals surface area contributed by atoms with E-state index in [1.165, 1.54) is 11.1 Å². The van der Waals surface area contributed by atoms with Gasteiger partial charge in [-0.05, 0) is 52.2 Å². The van der Waals surface area contributed by atoms with Crippen LogP contribution < -0.4 is 5.32 Å². The monoisotopic (exact) mass is 291 g/mol. The van der Waals surface area contributed by atoms with Gasteiger partial charge in [-0.1, -0.05) is 6.07 Å². The molecule has 0 aliphatic rings. The zero-order valence-electron chi connectivity index (χ0n) is 9.44. The Morgan fingerprint density at radius 2 is 2.00 bits per heavy atom. The van der Waals surface area contributed by atoms with Crippen molar-refractivity contribution in [1.29, 1.82) is 0 Å². The molecule has 0 saturated carbocycles. The van der Waals surface area contributed by atoms with E-state index in [4.69, 9.17) is 0 Å². The first kappa shape index (κ1) is 12.2. The number of nitrogens with one attached hydrogen (secondary N) is 1. The number of pyridine rings is 2. The third-order valence-corrected chi connectivity index (χ3v) is 2.84. The lowest BCUT2D eigenvalue weighted by atomic mass is 10.2. The Hall–Kier alpha value is -1.26. The van der Waals surface area contributed by atoms with Crippen molar-refractivity contribution in [3.8, 4) is 0 Å². The van der Waals surface area contributed by atoms with E-state index in [9.17, 15) is 0 Å². The average molecular weight is 292 g/mol. The fourth-order valence-electron chi connectivity index (χ4n) is 1.56. The maximum absolute atomic E-state index is 4.12. The van der Waals surface area contributed by atoms with E-state index in [0.717, 1.165) is 24.0 Å². The maximum atomic E-state index is 4.12. The Kier molecular flexibility index (Phi) is 4.64. The van der Waals surface area contributed by atoms with E-state index < -0.39 is 0 Å². The maximum Gasteiger partial charge on any atom is 0.0410 e. The van der Waals surface area contributed by atoms with Crippen LogP contribution in [0.2, 0.25) is 0 Å². The first-order valence-electron chi connectivity index (χ1n) is 5.53. The Labute approximate surface area is 109 Å². The van der Waals surface area contributed by atoms with Crippen LogP contribution in [0, 0.1) is 0 Å². The summed E-state index contributed by atoms with van der Waals surface area (Å²) in [5.74, 6) is 0. The van der Waals surface area contributed by atoms with Gasteiger partial charge in [0.2, 0.25) is 0 Å². The van der Waals surface area contributed by atoms with Gasteiger partial charge in [0.05, 0.1) is 0 Å². The van der Waals surface area contributed by atoms with Crippen LogP contribution in [0.3, 0.4) is 0 Å². The summed E-state index contributed by atoms with van der Waals surface area (Å²) in [5.41, 5.74) is 2.44. The van der Waals surface area contributed by atoms with Crippen molar-refractivity contribution in [3.63, 3.8) is 0 Å². The molecule has 0 aliphatic carbocycles. The van der Waals surface area contributed by atoms with Gasteiger partial charge < -0.3 is 5.32 Å². The standard InChI is InChI=1S/C13H14BrN3/c14-13-6-12(9-17-10-13)8-16-5-3-11-2-1-4-15-7-11/h1-2,4,6-7,9-10,16H,3,5,8H2. The van der Waals surface area contributed by atoms with Crippen LogP contribution in [0.15, 0.2) is 47.5 Å². The van der Waals surface area contributed by atoms with Gasteiger partial charge in [0.25, 0.3) is 0 Å². The Morgan fingerprint density at radius 3 is 2.76 bits per heavy atom. The van der Waals surface area contributed by atoms with Crippen molar-refractivity contribution >= 4 is 15.9 Å². The van der Waals surface area contributed by atoms with Crippen LogP contribution in [0.4, 0.5) is 0 Å². The van der Waals surface area contributed by atoms with E-state index in [2.05, 4.69) is 43.3 Å². The van der Waals surface area contributed by atoms with Crippen LogP contribution >= 0.6 is 15.9 Å². The van der Waals surface area contributed by atoms with E-state index >= 15 is 0 Å². The molecule has 88 valence electrons. The zero-order valence-corrected chi connectivity index (χ0v) is 11.0. The summed E-state index contributed by atoms with van der Waals surface area (Å²) in [5, 5.41) is 3.39. The minimum absolute atomic E-state index is 0.840. The van der Waals surface area contributed by atoms with Gasteiger partial charge in [-0.25, -0.2) is 0 Å². The minimum atomic E-state index is 0.840. The summed E-state index contributed by atoms with van der Waals surface area (Å²) in [7, 11) is 0. The molecule has 0 unspecified atom stereocenters. The van der Waals surface area contributed by atoms with Gasteiger partial charge in [0.15, 0.2) is 0 Å². The summed E-state index contributed by atoms with van der Waals surface area (Å²) in [6, 6.07) is 6.13. The molecule has 0 saturated heterocycles. The van der Waals surface area contributed by atoms with Crippen molar-refractivity contribution in [1.82, 2.24) is 15.3 Å². The number of hydrogen-bond acceptors (Lipinski definition) is 3. The van der Waals surface area contributed by atoms with Crippen LogP contribution in [-0.2, 0) is 13.0 Å². The summed E-state index contributed by atoms with van der Waals surface area (Å²) >= 11 is 3.41. The average Bonchev–Trinajstić information content (AvgIpc) is 2.36. The quantitative estimate of drug-likeness (QED) is 0.861. The van der Waals surface area contributed by atoms with Crippen molar-refractivity contribution in [2.75, 3.05) is 6.54 Å². The normalized spacial score (nSPS) is 10.4. The van der Waals surface area contributed by atoms with Crippen molar-refractivity contribution < 1.29 is 0 Å². The molecule has 4 heteroatoms. The van der Waals surface area contributed by atoms with E-state index in [0.29, 0.717) is 0 Å². The molecular weight excluding hydrogens is 278 g/mol. The molecule has 0 aliphatic heterocycles. The highest BCUT2D eigenvalue weighted by molar-refractivity contribution is 9.10. The molecule has 0 atom stereocenters. The van der Waals surface area contributed by atoms with Crippen molar-refractivity contribution in [3.05, 3.63) is 58.6 Å². The Balaban J connectivity index is 1.73. The summed E-state index contributed by atoms with van der Waals surface area (Å²) in [6.45, 7) is 1.78. The molecule has 2 heterocycles. The van der Waals surface area contributed by atoms with Crippen LogP contribution in [-0.4, -0.2) is 16.5 Å². The number of nitrogens with zero attached hydrogens (tertiary/aromatic N) is 2. The largest absolute Gasteiger partial charge is 0.312 e. The molecule has 17 heavy (non-hydrogen) atoms. The third-order valence-electron chi connectivity index (χ3n) is 2.40. The number of aromatic nitrogens is 2. The highest BCUT2D eigenvalue weighted by atomic mass is 79.9. The minimum Gasteiger partial charge on any atom is -0.312 e. The molecule has 0 amide bonds. The zero-order chi connectivity index (χ0) is 11.9. The highest BCUT2D eigenvalue weighted by Gasteiger charge is 1.95. The smallest absolute Gasteiger partial charge is 0.0410 e. The van der Waals surface area contributed by atoms with Gasteiger partial charge in [-0.3, -0.25) is 9.97 Å². The lowest BCUT2D eigenvalue weighted by molar-refractivity contribution is 0.684. The SMILES string of the molecule is Brc1cncc(CNCCc2cccnc2)c1. The van der Waals surface area contributed by atoms with Crippen molar-refractivity contribution in [2.24, 2.45) is 0 Å². The van der Waals surface area contributed by atoms with E-state index in [-0.39, 0.29) is 0 Å².